The summed E-state index contributed by atoms with van der Waals surface area (Å²) in [7, 11) is 0. The van der Waals surface area contributed by atoms with E-state index in [0.29, 0.717) is 0 Å². The number of anilines is 1. The molecule has 4 nitrogen and oxygen atoms in total. The Hall–Kier alpha value is -2.14. The van der Waals surface area contributed by atoms with E-state index < -0.39 is 5.54 Å². The largest absolute Gasteiger partial charge is 0.351 e. The highest BCUT2D eigenvalue weighted by molar-refractivity contribution is 7.10. The minimum Gasteiger partial charge on any atom is -0.351 e. The molecule has 1 atom stereocenters. The predicted molar refractivity (Wildman–Crippen MR) is 109 cm³/mol. The van der Waals surface area contributed by atoms with Gasteiger partial charge in [0, 0.05) is 16.6 Å². The number of amides is 2. The van der Waals surface area contributed by atoms with E-state index in [1.165, 1.54) is 12.0 Å². The Bertz CT molecular complexity index is 855. The van der Waals surface area contributed by atoms with Gasteiger partial charge in [0.25, 0.3) is 5.91 Å². The molecule has 0 unspecified atom stereocenters. The maximum absolute atomic E-state index is 13.5. The fourth-order valence-electron chi connectivity index (χ4n) is 4.28. The first-order chi connectivity index (χ1) is 13.0. The monoisotopic (exact) mass is 382 g/mol. The molecule has 0 bridgehead atoms. The second-order valence-electron chi connectivity index (χ2n) is 7.82. The van der Waals surface area contributed by atoms with Crippen LogP contribution in [-0.4, -0.2) is 17.9 Å². The standard InChI is InChI=1S/C22H26N2O2S/c1-15-10-11-18(13-16(15)2)24-20(25)14-22(24,19-9-6-12-27-19)21(26)23-17-7-4-3-5-8-17/h6,9-13,17H,3-5,7-8,14H2,1-2H3,(H,23,26)/t22-/m1/s1. The van der Waals surface area contributed by atoms with Crippen LogP contribution in [0.4, 0.5) is 5.69 Å². The van der Waals surface area contributed by atoms with Crippen LogP contribution in [0.3, 0.4) is 0 Å². The number of carbonyl (C=O) groups excluding carboxylic acids is 2. The molecule has 2 aliphatic rings. The fraction of sp³-hybridized carbons (Fsp3) is 0.455. The number of rotatable bonds is 4. The number of carbonyl (C=O) groups is 2. The van der Waals surface area contributed by atoms with Gasteiger partial charge in [0.2, 0.25) is 5.91 Å². The number of hydrogen-bond acceptors (Lipinski definition) is 3. The zero-order valence-electron chi connectivity index (χ0n) is 16.0. The van der Waals surface area contributed by atoms with Gasteiger partial charge in [0.1, 0.15) is 0 Å². The summed E-state index contributed by atoms with van der Waals surface area (Å²) in [5.74, 6) is -0.0277. The van der Waals surface area contributed by atoms with E-state index in [1.54, 1.807) is 16.2 Å². The van der Waals surface area contributed by atoms with E-state index in [1.807, 2.05) is 42.6 Å². The lowest BCUT2D eigenvalue weighted by Crippen LogP contribution is -2.69. The number of β-lactam (4-membered cyclic amide) rings is 1. The molecular weight excluding hydrogens is 356 g/mol. The summed E-state index contributed by atoms with van der Waals surface area (Å²) in [6.45, 7) is 4.09. The van der Waals surface area contributed by atoms with Crippen LogP contribution in [0.1, 0.15) is 54.5 Å². The van der Waals surface area contributed by atoms with Crippen molar-refractivity contribution in [3.8, 4) is 0 Å². The maximum Gasteiger partial charge on any atom is 0.252 e. The SMILES string of the molecule is Cc1ccc(N2C(=O)C[C@]2(C(=O)NC2CCCCC2)c2cccs2)cc1C. The Morgan fingerprint density at radius 1 is 1.15 bits per heavy atom. The van der Waals surface area contributed by atoms with Crippen molar-refractivity contribution in [1.29, 1.82) is 0 Å². The molecule has 1 aromatic carbocycles. The minimum absolute atomic E-state index is 0.00504. The number of benzene rings is 1. The molecule has 1 N–H and O–H groups in total. The van der Waals surface area contributed by atoms with Crippen LogP contribution in [0.15, 0.2) is 35.7 Å². The van der Waals surface area contributed by atoms with Gasteiger partial charge in [-0.2, -0.15) is 0 Å². The second-order valence-corrected chi connectivity index (χ2v) is 8.77. The molecule has 2 amide bonds. The summed E-state index contributed by atoms with van der Waals surface area (Å²) in [5, 5.41) is 5.25. The quantitative estimate of drug-likeness (QED) is 0.795. The molecule has 142 valence electrons. The lowest BCUT2D eigenvalue weighted by atomic mass is 9.79. The van der Waals surface area contributed by atoms with E-state index >= 15 is 0 Å². The van der Waals surface area contributed by atoms with E-state index in [9.17, 15) is 9.59 Å². The van der Waals surface area contributed by atoms with Gasteiger partial charge in [-0.1, -0.05) is 31.4 Å². The Labute approximate surface area is 164 Å². The lowest BCUT2D eigenvalue weighted by Gasteiger charge is -2.50. The topological polar surface area (TPSA) is 49.4 Å². The Morgan fingerprint density at radius 2 is 1.93 bits per heavy atom. The summed E-state index contributed by atoms with van der Waals surface area (Å²) in [6, 6.07) is 10.1. The molecule has 27 heavy (non-hydrogen) atoms. The molecule has 0 radical (unpaired) electrons. The number of aryl methyl sites for hydroxylation is 2. The van der Waals surface area contributed by atoms with Crippen molar-refractivity contribution in [2.75, 3.05) is 4.90 Å². The summed E-state index contributed by atoms with van der Waals surface area (Å²) in [6.07, 6.45) is 5.87. The van der Waals surface area contributed by atoms with E-state index in [4.69, 9.17) is 0 Å². The predicted octanol–water partition coefficient (Wildman–Crippen LogP) is 4.45. The molecule has 1 aliphatic carbocycles. The molecule has 2 aromatic rings. The van der Waals surface area contributed by atoms with E-state index in [2.05, 4.69) is 12.2 Å². The summed E-state index contributed by atoms with van der Waals surface area (Å²) in [4.78, 5) is 28.8. The highest BCUT2D eigenvalue weighted by Crippen LogP contribution is 2.47. The smallest absolute Gasteiger partial charge is 0.252 e. The molecule has 2 fully saturated rings. The highest BCUT2D eigenvalue weighted by atomic mass is 32.1. The first-order valence-corrected chi connectivity index (χ1v) is 10.7. The third kappa shape index (κ3) is 3.08. The third-order valence-corrected chi connectivity index (χ3v) is 7.05. The Balaban J connectivity index is 1.71. The number of nitrogens with one attached hydrogen (secondary N) is 1. The molecule has 1 aromatic heterocycles. The maximum atomic E-state index is 13.5. The van der Waals surface area contributed by atoms with Gasteiger partial charge in [0.05, 0.1) is 6.42 Å². The van der Waals surface area contributed by atoms with Crippen LogP contribution in [0.2, 0.25) is 0 Å². The number of hydrogen-bond donors (Lipinski definition) is 1. The van der Waals surface area contributed by atoms with Crippen molar-refractivity contribution in [2.45, 2.75) is 64.0 Å². The molecule has 2 heterocycles. The first kappa shape index (κ1) is 18.2. The number of thiophene rings is 1. The van der Waals surface area contributed by atoms with Crippen LogP contribution in [0.5, 0.6) is 0 Å². The minimum atomic E-state index is -0.912. The molecule has 5 heteroatoms. The highest BCUT2D eigenvalue weighted by Gasteiger charge is 2.59. The summed E-state index contributed by atoms with van der Waals surface area (Å²) in [5.41, 5.74) is 2.20. The molecule has 1 saturated heterocycles. The van der Waals surface area contributed by atoms with Crippen LogP contribution >= 0.6 is 11.3 Å². The molecular formula is C22H26N2O2S. The number of nitrogens with zero attached hydrogens (tertiary/aromatic N) is 1. The Morgan fingerprint density at radius 3 is 2.56 bits per heavy atom. The van der Waals surface area contributed by atoms with E-state index in [-0.39, 0.29) is 24.3 Å². The molecule has 0 spiro atoms. The van der Waals surface area contributed by atoms with Crippen LogP contribution in [-0.2, 0) is 15.1 Å². The fourth-order valence-corrected chi connectivity index (χ4v) is 5.20. The average molecular weight is 383 g/mol. The van der Waals surface area contributed by atoms with Gasteiger partial charge in [-0.25, -0.2) is 0 Å². The van der Waals surface area contributed by atoms with Gasteiger partial charge in [-0.3, -0.25) is 14.5 Å². The molecule has 4 rings (SSSR count). The third-order valence-electron chi connectivity index (χ3n) is 6.03. The van der Waals surface area contributed by atoms with Crippen molar-refractivity contribution in [3.63, 3.8) is 0 Å². The molecule has 1 aliphatic heterocycles. The van der Waals surface area contributed by atoms with Crippen molar-refractivity contribution in [2.24, 2.45) is 0 Å². The first-order valence-electron chi connectivity index (χ1n) is 9.77. The summed E-state index contributed by atoms with van der Waals surface area (Å²) >= 11 is 1.55. The average Bonchev–Trinajstić information content (AvgIpc) is 3.18. The molecule has 1 saturated carbocycles. The van der Waals surface area contributed by atoms with Crippen molar-refractivity contribution >= 4 is 28.8 Å². The van der Waals surface area contributed by atoms with Crippen molar-refractivity contribution in [3.05, 3.63) is 51.7 Å². The van der Waals surface area contributed by atoms with E-state index in [0.717, 1.165) is 41.8 Å². The van der Waals surface area contributed by atoms with Crippen molar-refractivity contribution in [1.82, 2.24) is 5.32 Å². The summed E-state index contributed by atoms with van der Waals surface area (Å²) < 4.78 is 0. The van der Waals surface area contributed by atoms with Crippen LogP contribution < -0.4 is 10.2 Å². The van der Waals surface area contributed by atoms with Crippen LogP contribution in [0, 0.1) is 13.8 Å². The van der Waals surface area contributed by atoms with Gasteiger partial charge >= 0.3 is 0 Å². The van der Waals surface area contributed by atoms with Crippen molar-refractivity contribution < 1.29 is 9.59 Å². The Kier molecular flexibility index (Phi) is 4.81. The van der Waals surface area contributed by atoms with Gasteiger partial charge < -0.3 is 5.32 Å². The second kappa shape index (κ2) is 7.12. The zero-order chi connectivity index (χ0) is 19.0. The van der Waals surface area contributed by atoms with Gasteiger partial charge in [-0.15, -0.1) is 11.3 Å². The normalized spacial score (nSPS) is 23.2. The lowest BCUT2D eigenvalue weighted by molar-refractivity contribution is -0.140. The zero-order valence-corrected chi connectivity index (χ0v) is 16.8. The van der Waals surface area contributed by atoms with Gasteiger partial charge in [-0.05, 0) is 61.4 Å². The van der Waals surface area contributed by atoms with Crippen LogP contribution in [0.25, 0.3) is 0 Å². The van der Waals surface area contributed by atoms with Gasteiger partial charge in [0.15, 0.2) is 5.54 Å².